The Hall–Kier alpha value is -1.84. The Kier molecular flexibility index (Phi) is 9.24. The van der Waals surface area contributed by atoms with Crippen LogP contribution in [-0.4, -0.2) is 58.1 Å². The summed E-state index contributed by atoms with van der Waals surface area (Å²) in [5, 5.41) is 0. The van der Waals surface area contributed by atoms with Gasteiger partial charge in [0, 0.05) is 23.9 Å². The normalized spacial score (nSPS) is 26.5. The number of hydrogen-bond donors (Lipinski definition) is 1. The topological polar surface area (TPSA) is 118 Å². The van der Waals surface area contributed by atoms with Crippen molar-refractivity contribution in [1.82, 2.24) is 9.55 Å². The average molecular weight is 555 g/mol. The van der Waals surface area contributed by atoms with Crippen LogP contribution in [0.25, 0.3) is 0 Å². The summed E-state index contributed by atoms with van der Waals surface area (Å²) in [7, 11) is -5.81. The molecule has 37 heavy (non-hydrogen) atoms. The largest absolute Gasteiger partial charge is 0.463 e. The van der Waals surface area contributed by atoms with Crippen LogP contribution >= 0.6 is 0 Å². The number of carbonyl (C=O) groups excluding carboxylic acids is 1. The third kappa shape index (κ3) is 5.64. The number of esters is 1. The molecule has 3 rings (SSSR count). The molecular formula is C25H42N2O8Si2. The predicted octanol–water partition coefficient (Wildman–Crippen LogP) is 3.88. The van der Waals surface area contributed by atoms with Gasteiger partial charge in [-0.1, -0.05) is 55.4 Å². The molecule has 0 aliphatic carbocycles. The van der Waals surface area contributed by atoms with Gasteiger partial charge in [-0.25, -0.2) is 9.59 Å². The Morgan fingerprint density at radius 1 is 1.08 bits per heavy atom. The zero-order chi connectivity index (χ0) is 27.7. The van der Waals surface area contributed by atoms with Crippen molar-refractivity contribution in [2.75, 3.05) is 13.2 Å². The number of ether oxygens (including phenoxy) is 2. The van der Waals surface area contributed by atoms with Gasteiger partial charge < -0.3 is 22.4 Å². The van der Waals surface area contributed by atoms with Gasteiger partial charge >= 0.3 is 28.8 Å². The number of nitrogens with one attached hydrogen (secondary N) is 1. The van der Waals surface area contributed by atoms with Crippen molar-refractivity contribution in [3.05, 3.63) is 44.8 Å². The second-order valence-corrected chi connectivity index (χ2v) is 19.8. The minimum atomic E-state index is -3.01. The Labute approximate surface area is 220 Å². The molecule has 1 aromatic rings. The molecule has 0 saturated carbocycles. The van der Waals surface area contributed by atoms with Gasteiger partial charge in [-0.05, 0) is 29.1 Å². The molecule has 0 unspecified atom stereocenters. The first-order valence-corrected chi connectivity index (χ1v) is 17.1. The maximum absolute atomic E-state index is 12.8. The molecule has 2 aliphatic rings. The van der Waals surface area contributed by atoms with E-state index in [2.05, 4.69) is 60.4 Å². The van der Waals surface area contributed by atoms with Crippen molar-refractivity contribution in [3.63, 3.8) is 0 Å². The fourth-order valence-electron chi connectivity index (χ4n) is 5.38. The number of carbonyl (C=O) groups is 1. The van der Waals surface area contributed by atoms with Crippen LogP contribution in [-0.2, 0) is 27.2 Å². The van der Waals surface area contributed by atoms with Gasteiger partial charge in [-0.2, -0.15) is 0 Å². The lowest BCUT2D eigenvalue weighted by molar-refractivity contribution is -0.137. The summed E-state index contributed by atoms with van der Waals surface area (Å²) in [6, 6.07) is 1.24. The highest BCUT2D eigenvalue weighted by molar-refractivity contribution is 6.84. The van der Waals surface area contributed by atoms with Crippen molar-refractivity contribution in [3.8, 4) is 0 Å². The molecule has 1 aromatic heterocycles. The van der Waals surface area contributed by atoms with E-state index >= 15 is 0 Å². The van der Waals surface area contributed by atoms with Gasteiger partial charge in [0.25, 0.3) is 5.56 Å². The number of hydrogen-bond acceptors (Lipinski definition) is 8. The second-order valence-electron chi connectivity index (χ2n) is 11.0. The summed E-state index contributed by atoms with van der Waals surface area (Å²) in [5.41, 5.74) is -0.286. The Morgan fingerprint density at radius 3 is 2.19 bits per heavy atom. The maximum atomic E-state index is 12.8. The summed E-state index contributed by atoms with van der Waals surface area (Å²) in [6.07, 6.45) is 0.426. The molecule has 1 N–H and O–H groups in total. The number of rotatable bonds is 7. The van der Waals surface area contributed by atoms with Crippen molar-refractivity contribution in [2.24, 2.45) is 0 Å². The summed E-state index contributed by atoms with van der Waals surface area (Å²) >= 11 is 0. The highest BCUT2D eigenvalue weighted by atomic mass is 28.5. The monoisotopic (exact) mass is 554 g/mol. The van der Waals surface area contributed by atoms with E-state index in [9.17, 15) is 14.4 Å². The number of nitrogens with zero attached hydrogens (tertiary/aromatic N) is 1. The van der Waals surface area contributed by atoms with Crippen LogP contribution in [0.3, 0.4) is 0 Å². The third-order valence-electron chi connectivity index (χ3n) is 7.25. The van der Waals surface area contributed by atoms with Crippen molar-refractivity contribution < 1.29 is 27.2 Å². The van der Waals surface area contributed by atoms with E-state index in [0.717, 1.165) is 0 Å². The van der Waals surface area contributed by atoms with Crippen molar-refractivity contribution in [1.29, 1.82) is 0 Å². The second kappa shape index (κ2) is 11.5. The lowest BCUT2D eigenvalue weighted by atomic mass is 10.1. The van der Waals surface area contributed by atoms with Crippen LogP contribution in [0.4, 0.5) is 0 Å². The minimum Gasteiger partial charge on any atom is -0.463 e. The van der Waals surface area contributed by atoms with Gasteiger partial charge in [0.2, 0.25) is 0 Å². The third-order valence-corrected chi connectivity index (χ3v) is 17.5. The highest BCUT2D eigenvalue weighted by Crippen LogP contribution is 2.49. The van der Waals surface area contributed by atoms with Gasteiger partial charge in [0.05, 0.1) is 13.2 Å². The van der Waals surface area contributed by atoms with E-state index in [1.807, 2.05) is 0 Å². The maximum Gasteiger partial charge on any atom is 0.335 e. The van der Waals surface area contributed by atoms with E-state index in [1.54, 1.807) is 6.92 Å². The molecule has 2 fully saturated rings. The van der Waals surface area contributed by atoms with E-state index < -0.39 is 52.8 Å². The fourth-order valence-corrected chi connectivity index (χ4v) is 16.6. The van der Waals surface area contributed by atoms with E-state index in [1.165, 1.54) is 22.9 Å². The number of H-pyrrole nitrogens is 1. The van der Waals surface area contributed by atoms with E-state index in [4.69, 9.17) is 22.4 Å². The number of aromatic amines is 1. The molecule has 2 saturated heterocycles. The Balaban J connectivity index is 2.22. The summed E-state index contributed by atoms with van der Waals surface area (Å²) in [5.74, 6) is -0.564. The Bertz CT molecular complexity index is 1090. The van der Waals surface area contributed by atoms with Gasteiger partial charge in [0.1, 0.15) is 12.2 Å². The lowest BCUT2D eigenvalue weighted by Gasteiger charge is -2.51. The van der Waals surface area contributed by atoms with E-state index in [0.29, 0.717) is 5.57 Å². The predicted molar refractivity (Wildman–Crippen MR) is 144 cm³/mol. The van der Waals surface area contributed by atoms with Crippen LogP contribution in [0.2, 0.25) is 22.2 Å². The molecule has 12 heteroatoms. The van der Waals surface area contributed by atoms with Crippen LogP contribution in [0.1, 0.15) is 68.5 Å². The van der Waals surface area contributed by atoms with E-state index in [-0.39, 0.29) is 35.4 Å². The lowest BCUT2D eigenvalue weighted by Crippen LogP contribution is -2.65. The van der Waals surface area contributed by atoms with Crippen LogP contribution in [0, 0.1) is 0 Å². The molecular weight excluding hydrogens is 512 g/mol. The van der Waals surface area contributed by atoms with Gasteiger partial charge in [-0.3, -0.25) is 14.3 Å². The zero-order valence-corrected chi connectivity index (χ0v) is 25.4. The SMILES string of the molecule is CCOC(=O)/C=C1\[C@H](n2ccc(=O)[nH]c2=O)O[C@@H]2CO[Si](C(C)C)(C(C)C)O[Si](C(C)C)(C(C)C)O[C@@H]12. The average Bonchev–Trinajstić information content (AvgIpc) is 3.09. The van der Waals surface area contributed by atoms with Crippen LogP contribution in [0.5, 0.6) is 0 Å². The van der Waals surface area contributed by atoms with Crippen molar-refractivity contribution >= 4 is 23.1 Å². The molecule has 208 valence electrons. The molecule has 0 bridgehead atoms. The first-order chi connectivity index (χ1) is 17.3. The zero-order valence-electron chi connectivity index (χ0n) is 23.4. The number of fused-ring (bicyclic) bond motifs is 1. The van der Waals surface area contributed by atoms with Crippen LogP contribution < -0.4 is 11.2 Å². The standard InChI is InChI=1S/C25H42N2O8Si2/c1-10-31-22(29)13-19-23-20(33-24(19)27-12-11-21(28)26-25(27)30)14-32-36(15(2)3,16(4)5)35-37(34-23,17(6)7)18(8)9/h11-13,15-18,20,23-24H,10,14H2,1-9H3,(H,26,28,30)/b19-13-/t20-,23+,24-/m1/s1. The highest BCUT2D eigenvalue weighted by Gasteiger charge is 2.61. The molecule has 0 amide bonds. The molecule has 2 aliphatic heterocycles. The quantitative estimate of drug-likeness (QED) is 0.307. The first-order valence-electron chi connectivity index (χ1n) is 13.2. The summed E-state index contributed by atoms with van der Waals surface area (Å²) in [6.45, 7) is 19.1. The number of aromatic nitrogens is 2. The van der Waals surface area contributed by atoms with Gasteiger partial charge in [-0.15, -0.1) is 0 Å². The molecule has 0 spiro atoms. The first kappa shape index (κ1) is 29.7. The van der Waals surface area contributed by atoms with Gasteiger partial charge in [0.15, 0.2) is 6.23 Å². The van der Waals surface area contributed by atoms with Crippen molar-refractivity contribution in [2.45, 2.75) is 103 Å². The molecule has 3 atom stereocenters. The molecule has 0 aromatic carbocycles. The molecule has 0 radical (unpaired) electrons. The molecule has 10 nitrogen and oxygen atoms in total. The summed E-state index contributed by atoms with van der Waals surface area (Å²) < 4.78 is 33.9. The minimum absolute atomic E-state index is 0.0675. The fraction of sp³-hybridized carbons (Fsp3) is 0.720. The Morgan fingerprint density at radius 2 is 1.68 bits per heavy atom. The smallest absolute Gasteiger partial charge is 0.335 e. The molecule has 3 heterocycles. The summed E-state index contributed by atoms with van der Waals surface area (Å²) in [4.78, 5) is 39.4. The van der Waals surface area contributed by atoms with Crippen LogP contribution in [0.15, 0.2) is 33.5 Å².